The van der Waals surface area contributed by atoms with Crippen LogP contribution in [0.1, 0.15) is 74.4 Å². The maximum absolute atomic E-state index is 13.1. The number of unbranched alkanes of at least 4 members (excludes halogenated alkanes) is 2. The summed E-state index contributed by atoms with van der Waals surface area (Å²) in [5.74, 6) is -0.0910. The van der Waals surface area contributed by atoms with Gasteiger partial charge in [0.2, 0.25) is 5.91 Å². The number of hydrogen-bond donors (Lipinski definition) is 2. The summed E-state index contributed by atoms with van der Waals surface area (Å²) in [5.41, 5.74) is 4.89. The Labute approximate surface area is 186 Å². The Bertz CT molecular complexity index is 909. The highest BCUT2D eigenvalue weighted by Gasteiger charge is 2.22. The third-order valence-electron chi connectivity index (χ3n) is 5.99. The highest BCUT2D eigenvalue weighted by molar-refractivity contribution is 6.02. The van der Waals surface area contributed by atoms with Crippen molar-refractivity contribution in [1.29, 1.82) is 0 Å². The molecule has 0 bridgehead atoms. The summed E-state index contributed by atoms with van der Waals surface area (Å²) in [6.07, 6.45) is 5.35. The molecule has 0 fully saturated rings. The van der Waals surface area contributed by atoms with Gasteiger partial charge in [0.25, 0.3) is 5.91 Å². The first-order valence-corrected chi connectivity index (χ1v) is 11.6. The van der Waals surface area contributed by atoms with Crippen molar-refractivity contribution in [3.05, 3.63) is 59.2 Å². The van der Waals surface area contributed by atoms with Crippen LogP contribution >= 0.6 is 0 Å². The lowest BCUT2D eigenvalue weighted by atomic mass is 9.98. The Kier molecular flexibility index (Phi) is 8.10. The van der Waals surface area contributed by atoms with E-state index in [9.17, 15) is 9.59 Å². The van der Waals surface area contributed by atoms with E-state index in [-0.39, 0.29) is 17.9 Å². The van der Waals surface area contributed by atoms with Crippen molar-refractivity contribution >= 4 is 23.2 Å². The van der Waals surface area contributed by atoms with E-state index in [0.29, 0.717) is 17.7 Å². The van der Waals surface area contributed by atoms with E-state index in [2.05, 4.69) is 53.6 Å². The van der Waals surface area contributed by atoms with Crippen LogP contribution in [0.5, 0.6) is 0 Å². The van der Waals surface area contributed by atoms with Gasteiger partial charge in [-0.3, -0.25) is 9.59 Å². The predicted molar refractivity (Wildman–Crippen MR) is 128 cm³/mol. The normalized spacial score (nSPS) is 14.0. The molecule has 31 heavy (non-hydrogen) atoms. The van der Waals surface area contributed by atoms with E-state index < -0.39 is 0 Å². The van der Waals surface area contributed by atoms with Gasteiger partial charge >= 0.3 is 0 Å². The summed E-state index contributed by atoms with van der Waals surface area (Å²) < 4.78 is 0. The first kappa shape index (κ1) is 22.9. The number of carbonyl (C=O) groups is 2. The fraction of sp³-hybridized carbons (Fsp3) is 0.462. The second-order valence-corrected chi connectivity index (χ2v) is 8.46. The van der Waals surface area contributed by atoms with Gasteiger partial charge in [-0.15, -0.1) is 0 Å². The molecule has 0 aliphatic carbocycles. The van der Waals surface area contributed by atoms with Crippen molar-refractivity contribution in [3.8, 4) is 0 Å². The molecule has 0 radical (unpaired) electrons. The summed E-state index contributed by atoms with van der Waals surface area (Å²) >= 11 is 0. The number of amides is 2. The minimum Gasteiger partial charge on any atom is -0.366 e. The van der Waals surface area contributed by atoms with Crippen molar-refractivity contribution < 1.29 is 9.59 Å². The summed E-state index contributed by atoms with van der Waals surface area (Å²) in [5, 5.41) is 6.06. The van der Waals surface area contributed by atoms with Crippen molar-refractivity contribution in [1.82, 2.24) is 5.32 Å². The molecule has 0 saturated heterocycles. The zero-order valence-electron chi connectivity index (χ0n) is 19.0. The molecule has 0 saturated carbocycles. The molecule has 2 aromatic rings. The van der Waals surface area contributed by atoms with E-state index in [4.69, 9.17) is 0 Å². The maximum Gasteiger partial charge on any atom is 0.253 e. The number of nitrogens with one attached hydrogen (secondary N) is 2. The molecular formula is C26H35N3O2. The SMILES string of the molecule is CCCCCC(=O)Nc1ccc(N2CCc3ccccc3C2)c(C(=O)N[C@H](C)CC)c1. The average Bonchev–Trinajstić information content (AvgIpc) is 2.78. The van der Waals surface area contributed by atoms with Gasteiger partial charge in [-0.25, -0.2) is 0 Å². The number of anilines is 2. The second-order valence-electron chi connectivity index (χ2n) is 8.46. The van der Waals surface area contributed by atoms with Crippen LogP contribution < -0.4 is 15.5 Å². The van der Waals surface area contributed by atoms with Gasteiger partial charge < -0.3 is 15.5 Å². The molecule has 0 unspecified atom stereocenters. The van der Waals surface area contributed by atoms with Crippen LogP contribution in [0.15, 0.2) is 42.5 Å². The average molecular weight is 422 g/mol. The van der Waals surface area contributed by atoms with Crippen LogP contribution in [-0.2, 0) is 17.8 Å². The quantitative estimate of drug-likeness (QED) is 0.540. The van der Waals surface area contributed by atoms with Crippen molar-refractivity contribution in [2.75, 3.05) is 16.8 Å². The fourth-order valence-electron chi connectivity index (χ4n) is 3.94. The molecule has 5 heteroatoms. The molecule has 0 spiro atoms. The largest absolute Gasteiger partial charge is 0.366 e. The van der Waals surface area contributed by atoms with Crippen LogP contribution in [0, 0.1) is 0 Å². The van der Waals surface area contributed by atoms with Gasteiger partial charge in [-0.1, -0.05) is 51.0 Å². The number of rotatable bonds is 9. The fourth-order valence-corrected chi connectivity index (χ4v) is 3.94. The predicted octanol–water partition coefficient (Wildman–Crippen LogP) is 5.30. The molecule has 5 nitrogen and oxygen atoms in total. The van der Waals surface area contributed by atoms with Crippen LogP contribution in [0.2, 0.25) is 0 Å². The molecule has 1 aliphatic rings. The van der Waals surface area contributed by atoms with Crippen molar-refractivity contribution in [2.45, 2.75) is 71.9 Å². The van der Waals surface area contributed by atoms with Gasteiger partial charge in [-0.2, -0.15) is 0 Å². The Morgan fingerprint density at radius 1 is 1.06 bits per heavy atom. The molecule has 1 atom stereocenters. The van der Waals surface area contributed by atoms with Gasteiger partial charge in [0.05, 0.1) is 5.56 Å². The van der Waals surface area contributed by atoms with Crippen molar-refractivity contribution in [2.24, 2.45) is 0 Å². The monoisotopic (exact) mass is 421 g/mol. The summed E-state index contributed by atoms with van der Waals surface area (Å²) in [7, 11) is 0. The van der Waals surface area contributed by atoms with E-state index >= 15 is 0 Å². The Morgan fingerprint density at radius 2 is 1.84 bits per heavy atom. The molecule has 2 aromatic carbocycles. The lowest BCUT2D eigenvalue weighted by molar-refractivity contribution is -0.116. The van der Waals surface area contributed by atoms with E-state index in [1.807, 2.05) is 25.1 Å². The molecule has 2 N–H and O–H groups in total. The first-order chi connectivity index (χ1) is 15.0. The zero-order chi connectivity index (χ0) is 22.2. The summed E-state index contributed by atoms with van der Waals surface area (Å²) in [6.45, 7) is 7.83. The van der Waals surface area contributed by atoms with E-state index in [1.54, 1.807) is 0 Å². The van der Waals surface area contributed by atoms with E-state index in [0.717, 1.165) is 50.9 Å². The van der Waals surface area contributed by atoms with Gasteiger partial charge in [0, 0.05) is 36.9 Å². The summed E-state index contributed by atoms with van der Waals surface area (Å²) in [6, 6.07) is 14.3. The Morgan fingerprint density at radius 3 is 2.58 bits per heavy atom. The standard InChI is InChI=1S/C26H35N3O2/c1-4-6-7-12-25(30)28-22-13-14-24(23(17-22)26(31)27-19(3)5-2)29-16-15-20-10-8-9-11-21(20)18-29/h8-11,13-14,17,19H,4-7,12,15-16,18H2,1-3H3,(H,27,31)(H,28,30)/t19-/m1/s1. The number of hydrogen-bond acceptors (Lipinski definition) is 3. The minimum absolute atomic E-state index is 0.00128. The van der Waals surface area contributed by atoms with Gasteiger partial charge in [0.15, 0.2) is 0 Å². The van der Waals surface area contributed by atoms with Gasteiger partial charge in [0.1, 0.15) is 0 Å². The zero-order valence-corrected chi connectivity index (χ0v) is 19.0. The molecule has 3 rings (SSSR count). The molecule has 0 aromatic heterocycles. The molecule has 2 amide bonds. The first-order valence-electron chi connectivity index (χ1n) is 11.6. The van der Waals surface area contributed by atoms with E-state index in [1.165, 1.54) is 11.1 Å². The molecule has 1 aliphatic heterocycles. The van der Waals surface area contributed by atoms with Crippen LogP contribution in [0.3, 0.4) is 0 Å². The Balaban J connectivity index is 1.84. The van der Waals surface area contributed by atoms with Crippen molar-refractivity contribution in [3.63, 3.8) is 0 Å². The van der Waals surface area contributed by atoms with Crippen LogP contribution in [-0.4, -0.2) is 24.4 Å². The second kappa shape index (κ2) is 11.0. The lowest BCUT2D eigenvalue weighted by Crippen LogP contribution is -2.35. The smallest absolute Gasteiger partial charge is 0.253 e. The van der Waals surface area contributed by atoms with Gasteiger partial charge in [-0.05, 0) is 55.5 Å². The highest BCUT2D eigenvalue weighted by atomic mass is 16.2. The number of carbonyl (C=O) groups excluding carboxylic acids is 2. The van der Waals surface area contributed by atoms with Crippen LogP contribution in [0.25, 0.3) is 0 Å². The Hall–Kier alpha value is -2.82. The highest BCUT2D eigenvalue weighted by Crippen LogP contribution is 2.30. The summed E-state index contributed by atoms with van der Waals surface area (Å²) in [4.78, 5) is 27.7. The topological polar surface area (TPSA) is 61.4 Å². The third-order valence-corrected chi connectivity index (χ3v) is 5.99. The van der Waals surface area contributed by atoms with Crippen LogP contribution in [0.4, 0.5) is 11.4 Å². The number of benzene rings is 2. The number of fused-ring (bicyclic) bond motifs is 1. The maximum atomic E-state index is 13.1. The molecular weight excluding hydrogens is 386 g/mol. The third kappa shape index (κ3) is 6.09. The molecule has 166 valence electrons. The number of nitrogens with zero attached hydrogens (tertiary/aromatic N) is 1. The lowest BCUT2D eigenvalue weighted by Gasteiger charge is -2.32. The minimum atomic E-state index is -0.0923. The molecule has 1 heterocycles.